The van der Waals surface area contributed by atoms with E-state index >= 15 is 0 Å². The molecule has 3 rings (SSSR count). The monoisotopic (exact) mass is 273 g/mol. The molecule has 2 fully saturated rings. The van der Waals surface area contributed by atoms with Gasteiger partial charge in [-0.05, 0) is 43.6 Å². The quantitative estimate of drug-likeness (QED) is 0.743. The Morgan fingerprint density at radius 1 is 1.15 bits per heavy atom. The predicted molar refractivity (Wildman–Crippen MR) is 83.0 cm³/mol. The summed E-state index contributed by atoms with van der Waals surface area (Å²) in [5.74, 6) is 0.844. The molecule has 0 spiro atoms. The molecule has 1 aromatic carbocycles. The van der Waals surface area contributed by atoms with Crippen molar-refractivity contribution in [3.8, 4) is 0 Å². The maximum atomic E-state index is 6.08. The Kier molecular flexibility index (Phi) is 4.42. The number of rotatable bonds is 9. The highest BCUT2D eigenvalue weighted by atomic mass is 16.5. The number of nitrogens with one attached hydrogen (secondary N) is 1. The van der Waals surface area contributed by atoms with Crippen LogP contribution in [0.1, 0.15) is 44.6 Å². The maximum Gasteiger partial charge on any atom is 0.0575 e. The van der Waals surface area contributed by atoms with Crippen molar-refractivity contribution in [1.82, 2.24) is 5.32 Å². The van der Waals surface area contributed by atoms with Crippen LogP contribution < -0.4 is 5.32 Å². The van der Waals surface area contributed by atoms with Crippen molar-refractivity contribution in [3.05, 3.63) is 35.9 Å². The molecule has 2 aliphatic rings. The first kappa shape index (κ1) is 14.1. The summed E-state index contributed by atoms with van der Waals surface area (Å²) in [5, 5.41) is 3.72. The van der Waals surface area contributed by atoms with E-state index in [1.165, 1.54) is 31.2 Å². The Balaban J connectivity index is 1.67. The largest absolute Gasteiger partial charge is 0.380 e. The van der Waals surface area contributed by atoms with Gasteiger partial charge in [-0.15, -0.1) is 0 Å². The molecule has 1 N–H and O–H groups in total. The molecule has 2 saturated carbocycles. The molecule has 0 radical (unpaired) electrons. The fraction of sp³-hybridized carbons (Fsp3) is 0.667. The Labute approximate surface area is 122 Å². The highest BCUT2D eigenvalue weighted by Gasteiger charge is 2.34. The van der Waals surface area contributed by atoms with Crippen LogP contribution in [0, 0.1) is 5.92 Å². The van der Waals surface area contributed by atoms with Crippen molar-refractivity contribution in [2.24, 2.45) is 5.92 Å². The molecule has 0 bridgehead atoms. The van der Waals surface area contributed by atoms with Gasteiger partial charge in [0.15, 0.2) is 0 Å². The Morgan fingerprint density at radius 2 is 1.90 bits per heavy atom. The number of hydrogen-bond acceptors (Lipinski definition) is 2. The molecule has 1 aromatic rings. The van der Waals surface area contributed by atoms with Crippen LogP contribution in [0.15, 0.2) is 30.3 Å². The van der Waals surface area contributed by atoms with Crippen molar-refractivity contribution in [2.45, 2.75) is 50.5 Å². The van der Waals surface area contributed by atoms with Gasteiger partial charge < -0.3 is 10.1 Å². The highest BCUT2D eigenvalue weighted by Crippen LogP contribution is 2.32. The summed E-state index contributed by atoms with van der Waals surface area (Å²) in [6.07, 6.45) is 6.55. The fourth-order valence-corrected chi connectivity index (χ4v) is 2.79. The van der Waals surface area contributed by atoms with Crippen LogP contribution in [-0.2, 0) is 10.2 Å². The third-order valence-corrected chi connectivity index (χ3v) is 4.80. The molecular weight excluding hydrogens is 246 g/mol. The average Bonchev–Trinajstić information content (AvgIpc) is 3.38. The lowest BCUT2D eigenvalue weighted by atomic mass is 9.78. The van der Waals surface area contributed by atoms with E-state index in [2.05, 4.69) is 42.6 Å². The summed E-state index contributed by atoms with van der Waals surface area (Å²) < 4.78 is 6.08. The maximum absolute atomic E-state index is 6.08. The first-order valence-corrected chi connectivity index (χ1v) is 8.19. The molecule has 2 aliphatic carbocycles. The van der Waals surface area contributed by atoms with Crippen molar-refractivity contribution < 1.29 is 4.74 Å². The third kappa shape index (κ3) is 3.62. The van der Waals surface area contributed by atoms with E-state index in [4.69, 9.17) is 4.74 Å². The van der Waals surface area contributed by atoms with E-state index in [0.29, 0.717) is 0 Å². The highest BCUT2D eigenvalue weighted by molar-refractivity contribution is 5.26. The van der Waals surface area contributed by atoms with E-state index in [1.807, 2.05) is 0 Å². The van der Waals surface area contributed by atoms with Gasteiger partial charge in [0.05, 0.1) is 6.61 Å². The zero-order chi connectivity index (χ0) is 13.8. The van der Waals surface area contributed by atoms with E-state index < -0.39 is 0 Å². The van der Waals surface area contributed by atoms with Crippen LogP contribution in [-0.4, -0.2) is 25.8 Å². The van der Waals surface area contributed by atoms with E-state index in [0.717, 1.165) is 38.1 Å². The smallest absolute Gasteiger partial charge is 0.0575 e. The van der Waals surface area contributed by atoms with Crippen LogP contribution in [0.2, 0.25) is 0 Å². The minimum Gasteiger partial charge on any atom is -0.380 e. The average molecular weight is 273 g/mol. The fourth-order valence-electron chi connectivity index (χ4n) is 2.79. The molecule has 20 heavy (non-hydrogen) atoms. The second kappa shape index (κ2) is 6.28. The van der Waals surface area contributed by atoms with Gasteiger partial charge in [0, 0.05) is 24.6 Å². The van der Waals surface area contributed by atoms with Crippen molar-refractivity contribution in [2.75, 3.05) is 19.8 Å². The molecule has 2 nitrogen and oxygen atoms in total. The van der Waals surface area contributed by atoms with Gasteiger partial charge in [-0.2, -0.15) is 0 Å². The van der Waals surface area contributed by atoms with Crippen molar-refractivity contribution in [1.29, 1.82) is 0 Å². The van der Waals surface area contributed by atoms with E-state index in [-0.39, 0.29) is 5.41 Å². The zero-order valence-corrected chi connectivity index (χ0v) is 12.6. The minimum atomic E-state index is 0.138. The van der Waals surface area contributed by atoms with Crippen LogP contribution in [0.4, 0.5) is 0 Å². The topological polar surface area (TPSA) is 21.3 Å². The molecule has 0 saturated heterocycles. The molecule has 0 heterocycles. The van der Waals surface area contributed by atoms with E-state index in [1.54, 1.807) is 0 Å². The lowest BCUT2D eigenvalue weighted by molar-refractivity contribution is 0.0717. The molecular formula is C18H27NO. The van der Waals surface area contributed by atoms with Gasteiger partial charge in [-0.25, -0.2) is 0 Å². The second-order valence-corrected chi connectivity index (χ2v) is 6.61. The number of hydrogen-bond donors (Lipinski definition) is 1. The molecule has 2 heteroatoms. The summed E-state index contributed by atoms with van der Waals surface area (Å²) in [7, 11) is 0. The normalized spacial score (nSPS) is 21.6. The summed E-state index contributed by atoms with van der Waals surface area (Å²) in [6, 6.07) is 11.7. The van der Waals surface area contributed by atoms with Crippen LogP contribution >= 0.6 is 0 Å². The van der Waals surface area contributed by atoms with Gasteiger partial charge in [0.25, 0.3) is 0 Å². The molecule has 110 valence electrons. The van der Waals surface area contributed by atoms with Crippen LogP contribution in [0.3, 0.4) is 0 Å². The Hall–Kier alpha value is -0.860. The second-order valence-electron chi connectivity index (χ2n) is 6.61. The van der Waals surface area contributed by atoms with E-state index in [9.17, 15) is 0 Å². The van der Waals surface area contributed by atoms with Crippen LogP contribution in [0.5, 0.6) is 0 Å². The molecule has 1 unspecified atom stereocenters. The van der Waals surface area contributed by atoms with Crippen molar-refractivity contribution >= 4 is 0 Å². The number of benzene rings is 1. The Bertz CT molecular complexity index is 411. The zero-order valence-electron chi connectivity index (χ0n) is 12.6. The molecule has 0 aromatic heterocycles. The SMILES string of the molecule is CCC(CNC1CC1)(COCC1CC1)c1ccccc1. The van der Waals surface area contributed by atoms with Gasteiger partial charge >= 0.3 is 0 Å². The Morgan fingerprint density at radius 3 is 2.50 bits per heavy atom. The van der Waals surface area contributed by atoms with Gasteiger partial charge in [-0.1, -0.05) is 37.3 Å². The summed E-state index contributed by atoms with van der Waals surface area (Å²) >= 11 is 0. The lowest BCUT2D eigenvalue weighted by Crippen LogP contribution is -2.42. The first-order valence-electron chi connectivity index (χ1n) is 8.19. The van der Waals surface area contributed by atoms with Crippen LogP contribution in [0.25, 0.3) is 0 Å². The molecule has 1 atom stereocenters. The van der Waals surface area contributed by atoms with Gasteiger partial charge in [0.2, 0.25) is 0 Å². The standard InChI is InChI=1S/C18H27NO/c1-2-18(13-19-17-10-11-17,14-20-12-15-8-9-15)16-6-4-3-5-7-16/h3-7,15,17,19H,2,8-14H2,1H3. The lowest BCUT2D eigenvalue weighted by Gasteiger charge is -2.34. The third-order valence-electron chi connectivity index (χ3n) is 4.80. The van der Waals surface area contributed by atoms with Gasteiger partial charge in [-0.3, -0.25) is 0 Å². The van der Waals surface area contributed by atoms with Crippen molar-refractivity contribution in [3.63, 3.8) is 0 Å². The minimum absolute atomic E-state index is 0.138. The summed E-state index contributed by atoms with van der Waals surface area (Å²) in [5.41, 5.74) is 1.56. The summed E-state index contributed by atoms with van der Waals surface area (Å²) in [4.78, 5) is 0. The molecule has 0 aliphatic heterocycles. The predicted octanol–water partition coefficient (Wildman–Crippen LogP) is 3.51. The molecule has 0 amide bonds. The first-order chi connectivity index (χ1) is 9.82. The number of ether oxygens (including phenoxy) is 1. The summed E-state index contributed by atoms with van der Waals surface area (Å²) in [6.45, 7) is 5.15. The van der Waals surface area contributed by atoms with Gasteiger partial charge in [0.1, 0.15) is 0 Å².